The van der Waals surface area contributed by atoms with Crippen LogP contribution < -0.4 is 0 Å². The molecule has 1 aliphatic heterocycles. The molecule has 0 radical (unpaired) electrons. The van der Waals surface area contributed by atoms with Crippen LogP contribution in [0.25, 0.3) is 11.5 Å². The van der Waals surface area contributed by atoms with Crippen LogP contribution in [0.2, 0.25) is 0 Å². The number of imidazole rings is 1. The van der Waals surface area contributed by atoms with Crippen molar-refractivity contribution in [2.45, 2.75) is 26.2 Å². The van der Waals surface area contributed by atoms with Crippen molar-refractivity contribution >= 4 is 0 Å². The van der Waals surface area contributed by atoms with Crippen LogP contribution in [0.1, 0.15) is 24.2 Å². The number of hydrogen-bond acceptors (Lipinski definition) is 4. The summed E-state index contributed by atoms with van der Waals surface area (Å²) >= 11 is 0. The summed E-state index contributed by atoms with van der Waals surface area (Å²) < 4.78 is 0. The molecule has 0 aromatic carbocycles. The molecule has 5 nitrogen and oxygen atoms in total. The predicted molar refractivity (Wildman–Crippen MR) is 78.3 cm³/mol. The fourth-order valence-corrected chi connectivity index (χ4v) is 2.74. The van der Waals surface area contributed by atoms with Gasteiger partial charge in [-0.15, -0.1) is 0 Å². The van der Waals surface area contributed by atoms with Crippen molar-refractivity contribution in [2.75, 3.05) is 20.1 Å². The summed E-state index contributed by atoms with van der Waals surface area (Å²) in [6.07, 6.45) is 7.04. The first kappa shape index (κ1) is 13.2. The van der Waals surface area contributed by atoms with Gasteiger partial charge < -0.3 is 9.88 Å². The Morgan fingerprint density at radius 1 is 1.25 bits per heavy atom. The molecule has 2 aromatic rings. The lowest BCUT2D eigenvalue weighted by molar-refractivity contribution is 0.218. The Morgan fingerprint density at radius 2 is 2.05 bits per heavy atom. The molecular formula is C15H21N5. The summed E-state index contributed by atoms with van der Waals surface area (Å²) in [5.74, 6) is 1.57. The minimum Gasteiger partial charge on any atom is -0.341 e. The molecule has 5 heteroatoms. The van der Waals surface area contributed by atoms with E-state index in [9.17, 15) is 0 Å². The highest BCUT2D eigenvalue weighted by Crippen LogP contribution is 2.21. The van der Waals surface area contributed by atoms with E-state index in [0.717, 1.165) is 35.2 Å². The highest BCUT2D eigenvalue weighted by atomic mass is 15.1. The molecule has 20 heavy (non-hydrogen) atoms. The topological polar surface area (TPSA) is 57.7 Å². The maximum absolute atomic E-state index is 4.42. The van der Waals surface area contributed by atoms with Gasteiger partial charge in [0.05, 0.1) is 0 Å². The molecule has 0 unspecified atom stereocenters. The number of rotatable bonds is 3. The minimum atomic E-state index is 0.743. The quantitative estimate of drug-likeness (QED) is 0.928. The normalized spacial score (nSPS) is 17.5. The monoisotopic (exact) mass is 271 g/mol. The number of nitrogens with zero attached hydrogens (tertiary/aromatic N) is 4. The molecular weight excluding hydrogens is 250 g/mol. The maximum atomic E-state index is 4.42. The predicted octanol–water partition coefficient (Wildman–Crippen LogP) is 2.06. The molecule has 3 heterocycles. The molecule has 3 rings (SSSR count). The van der Waals surface area contributed by atoms with Gasteiger partial charge in [-0.2, -0.15) is 0 Å². The molecule has 1 saturated heterocycles. The summed E-state index contributed by atoms with van der Waals surface area (Å²) in [6, 6.07) is 2.07. The molecule has 0 aliphatic carbocycles. The van der Waals surface area contributed by atoms with E-state index in [1.165, 1.54) is 25.9 Å². The highest BCUT2D eigenvalue weighted by molar-refractivity contribution is 5.49. The van der Waals surface area contributed by atoms with Crippen LogP contribution in [0.5, 0.6) is 0 Å². The van der Waals surface area contributed by atoms with E-state index in [0.29, 0.717) is 0 Å². The van der Waals surface area contributed by atoms with Crippen LogP contribution in [0.15, 0.2) is 18.6 Å². The lowest BCUT2D eigenvalue weighted by Crippen LogP contribution is -2.31. The summed E-state index contributed by atoms with van der Waals surface area (Å²) in [5, 5.41) is 0. The van der Waals surface area contributed by atoms with E-state index in [2.05, 4.69) is 37.9 Å². The van der Waals surface area contributed by atoms with Crippen molar-refractivity contribution in [3.8, 4) is 11.5 Å². The Kier molecular flexibility index (Phi) is 3.78. The number of aryl methyl sites for hydroxylation is 1. The summed E-state index contributed by atoms with van der Waals surface area (Å²) in [4.78, 5) is 18.7. The van der Waals surface area contributed by atoms with Gasteiger partial charge in [0.25, 0.3) is 0 Å². The van der Waals surface area contributed by atoms with Crippen molar-refractivity contribution in [1.82, 2.24) is 24.8 Å². The summed E-state index contributed by atoms with van der Waals surface area (Å²) in [5.41, 5.74) is 3.06. The third-order valence-electron chi connectivity index (χ3n) is 4.01. The first-order valence-corrected chi connectivity index (χ1v) is 7.22. The van der Waals surface area contributed by atoms with Crippen LogP contribution in [-0.4, -0.2) is 45.0 Å². The number of nitrogens with one attached hydrogen (secondary N) is 1. The largest absolute Gasteiger partial charge is 0.341 e. The molecule has 1 N–H and O–H groups in total. The van der Waals surface area contributed by atoms with Gasteiger partial charge >= 0.3 is 0 Å². The van der Waals surface area contributed by atoms with E-state index >= 15 is 0 Å². The molecule has 0 amide bonds. The number of hydrogen-bond donors (Lipinski definition) is 1. The first-order chi connectivity index (χ1) is 9.70. The Hall–Kier alpha value is -1.75. The molecule has 0 bridgehead atoms. The first-order valence-electron chi connectivity index (χ1n) is 7.22. The molecule has 0 spiro atoms. The van der Waals surface area contributed by atoms with E-state index in [1.807, 2.05) is 13.1 Å². The van der Waals surface area contributed by atoms with Crippen LogP contribution in [0, 0.1) is 12.8 Å². The van der Waals surface area contributed by atoms with Gasteiger partial charge in [0, 0.05) is 17.6 Å². The van der Waals surface area contributed by atoms with Crippen molar-refractivity contribution in [3.63, 3.8) is 0 Å². The Labute approximate surface area is 119 Å². The number of H-pyrrole nitrogens is 1. The third-order valence-corrected chi connectivity index (χ3v) is 4.01. The van der Waals surface area contributed by atoms with Crippen molar-refractivity contribution in [1.29, 1.82) is 0 Å². The number of aromatic nitrogens is 4. The molecule has 1 aliphatic rings. The third kappa shape index (κ3) is 3.04. The highest BCUT2D eigenvalue weighted by Gasteiger charge is 2.18. The van der Waals surface area contributed by atoms with E-state index < -0.39 is 0 Å². The second-order valence-electron chi connectivity index (χ2n) is 5.76. The summed E-state index contributed by atoms with van der Waals surface area (Å²) in [6.45, 7) is 4.39. The molecule has 1 fully saturated rings. The number of piperidine rings is 1. The molecule has 0 atom stereocenters. The van der Waals surface area contributed by atoms with Crippen LogP contribution >= 0.6 is 0 Å². The molecule has 2 aromatic heterocycles. The lowest BCUT2D eigenvalue weighted by Gasteiger charge is -2.28. The van der Waals surface area contributed by atoms with Gasteiger partial charge in [-0.05, 0) is 58.3 Å². The number of aromatic amines is 1. The Morgan fingerprint density at radius 3 is 2.75 bits per heavy atom. The van der Waals surface area contributed by atoms with Gasteiger partial charge in [-0.1, -0.05) is 0 Å². The summed E-state index contributed by atoms with van der Waals surface area (Å²) in [7, 11) is 2.19. The Balaban J connectivity index is 1.71. The average molecular weight is 271 g/mol. The van der Waals surface area contributed by atoms with Gasteiger partial charge in [0.1, 0.15) is 12.0 Å². The van der Waals surface area contributed by atoms with Crippen LogP contribution in [-0.2, 0) is 6.42 Å². The zero-order valence-electron chi connectivity index (χ0n) is 12.1. The fraction of sp³-hybridized carbons (Fsp3) is 0.533. The standard InChI is InChI=1S/C15H21N5/c1-11-9-16-15(19-11)14-8-13(17-10-18-14)7-12-3-5-20(2)6-4-12/h8-10,12H,3-7H2,1-2H3,(H,16,19). The minimum absolute atomic E-state index is 0.743. The smallest absolute Gasteiger partial charge is 0.156 e. The SMILES string of the molecule is Cc1cnc(-c2cc(CC3CCN(C)CC3)ncn2)[nH]1. The van der Waals surface area contributed by atoms with Gasteiger partial charge in [-0.25, -0.2) is 15.0 Å². The zero-order chi connectivity index (χ0) is 13.9. The fourth-order valence-electron chi connectivity index (χ4n) is 2.74. The average Bonchev–Trinajstić information content (AvgIpc) is 2.89. The van der Waals surface area contributed by atoms with E-state index in [-0.39, 0.29) is 0 Å². The maximum Gasteiger partial charge on any atom is 0.156 e. The van der Waals surface area contributed by atoms with Crippen molar-refractivity contribution in [3.05, 3.63) is 30.0 Å². The van der Waals surface area contributed by atoms with Gasteiger partial charge in [0.15, 0.2) is 5.82 Å². The Bertz CT molecular complexity index is 569. The van der Waals surface area contributed by atoms with Crippen molar-refractivity contribution in [2.24, 2.45) is 5.92 Å². The van der Waals surface area contributed by atoms with Gasteiger partial charge in [0.2, 0.25) is 0 Å². The van der Waals surface area contributed by atoms with E-state index in [1.54, 1.807) is 6.33 Å². The molecule has 106 valence electrons. The second-order valence-corrected chi connectivity index (χ2v) is 5.76. The zero-order valence-corrected chi connectivity index (χ0v) is 12.1. The van der Waals surface area contributed by atoms with Crippen LogP contribution in [0.4, 0.5) is 0 Å². The van der Waals surface area contributed by atoms with Gasteiger partial charge in [-0.3, -0.25) is 0 Å². The second kappa shape index (κ2) is 5.71. The lowest BCUT2D eigenvalue weighted by atomic mass is 9.92. The molecule has 0 saturated carbocycles. The van der Waals surface area contributed by atoms with Crippen molar-refractivity contribution < 1.29 is 0 Å². The van der Waals surface area contributed by atoms with E-state index in [4.69, 9.17) is 0 Å². The van der Waals surface area contributed by atoms with Crippen LogP contribution in [0.3, 0.4) is 0 Å². The number of likely N-dealkylation sites (tertiary alicyclic amines) is 1.